The van der Waals surface area contributed by atoms with Gasteiger partial charge >= 0.3 is 0 Å². The van der Waals surface area contributed by atoms with Crippen molar-refractivity contribution in [3.8, 4) is 5.69 Å². The Morgan fingerprint density at radius 2 is 2.22 bits per heavy atom. The normalized spacial score (nSPS) is 10.3. The van der Waals surface area contributed by atoms with Crippen molar-refractivity contribution in [2.75, 3.05) is 0 Å². The second-order valence-corrected chi connectivity index (χ2v) is 4.05. The maximum atomic E-state index is 11.4. The minimum absolute atomic E-state index is 0.0455. The number of carbonyl (C=O) groups excluding carboxylic acids is 1. The van der Waals surface area contributed by atoms with Gasteiger partial charge in [0.1, 0.15) is 0 Å². The molecule has 0 saturated carbocycles. The summed E-state index contributed by atoms with van der Waals surface area (Å²) in [7, 11) is 0. The van der Waals surface area contributed by atoms with Crippen molar-refractivity contribution in [3.63, 3.8) is 0 Å². The number of halogens is 1. The molecular weight excluding hydrogens is 258 g/mol. The summed E-state index contributed by atoms with van der Waals surface area (Å²) in [6.07, 6.45) is 2.99. The van der Waals surface area contributed by atoms with Crippen molar-refractivity contribution in [2.24, 2.45) is 0 Å². The van der Waals surface area contributed by atoms with Crippen LogP contribution in [0.15, 0.2) is 30.6 Å². The number of nitro benzene ring substituents is 1. The van der Waals surface area contributed by atoms with E-state index in [1.807, 2.05) is 0 Å². The summed E-state index contributed by atoms with van der Waals surface area (Å²) >= 11 is 5.74. The molecule has 92 valence electrons. The van der Waals surface area contributed by atoms with Crippen LogP contribution in [0.1, 0.15) is 17.3 Å². The molecule has 1 aromatic heterocycles. The molecule has 0 N–H and O–H groups in total. The number of ketones is 1. The molecular formula is C11H8ClN3O3. The second kappa shape index (κ2) is 4.58. The molecule has 0 fully saturated rings. The third-order valence-corrected chi connectivity index (χ3v) is 2.57. The van der Waals surface area contributed by atoms with E-state index in [4.69, 9.17) is 11.6 Å². The number of benzene rings is 1. The van der Waals surface area contributed by atoms with Gasteiger partial charge in [0.2, 0.25) is 0 Å². The highest BCUT2D eigenvalue weighted by Crippen LogP contribution is 2.22. The topological polar surface area (TPSA) is 78.0 Å². The van der Waals surface area contributed by atoms with Gasteiger partial charge in [0.15, 0.2) is 5.78 Å². The highest BCUT2D eigenvalue weighted by Gasteiger charge is 2.18. The maximum absolute atomic E-state index is 11.4. The van der Waals surface area contributed by atoms with Gasteiger partial charge in [-0.3, -0.25) is 14.9 Å². The molecule has 1 aromatic carbocycles. The van der Waals surface area contributed by atoms with E-state index < -0.39 is 4.92 Å². The predicted octanol–water partition coefficient (Wildman–Crippen LogP) is 2.64. The third-order valence-electron chi connectivity index (χ3n) is 2.37. The molecule has 1 heterocycles. The number of nitro groups is 1. The van der Waals surface area contributed by atoms with Gasteiger partial charge in [0.05, 0.1) is 27.4 Å². The Hall–Kier alpha value is -2.21. The fourth-order valence-electron chi connectivity index (χ4n) is 1.55. The van der Waals surface area contributed by atoms with Crippen LogP contribution in [0.25, 0.3) is 5.69 Å². The van der Waals surface area contributed by atoms with Gasteiger partial charge in [-0.15, -0.1) is 0 Å². The molecule has 6 nitrogen and oxygen atoms in total. The largest absolute Gasteiger partial charge is 0.294 e. The molecule has 0 amide bonds. The summed E-state index contributed by atoms with van der Waals surface area (Å²) < 4.78 is 1.44. The Labute approximate surface area is 107 Å². The molecule has 2 rings (SSSR count). The average molecular weight is 266 g/mol. The third kappa shape index (κ3) is 2.23. The molecule has 0 aliphatic rings. The van der Waals surface area contributed by atoms with Gasteiger partial charge in [-0.1, -0.05) is 11.6 Å². The lowest BCUT2D eigenvalue weighted by molar-refractivity contribution is -0.385. The minimum atomic E-state index is -0.587. The van der Waals surface area contributed by atoms with E-state index in [9.17, 15) is 14.9 Å². The zero-order valence-electron chi connectivity index (χ0n) is 9.33. The van der Waals surface area contributed by atoms with Gasteiger partial charge in [-0.2, -0.15) is 5.10 Å². The van der Waals surface area contributed by atoms with Crippen molar-refractivity contribution in [1.29, 1.82) is 0 Å². The van der Waals surface area contributed by atoms with E-state index in [2.05, 4.69) is 5.10 Å². The first-order valence-corrected chi connectivity index (χ1v) is 5.37. The number of carbonyl (C=O) groups is 1. The van der Waals surface area contributed by atoms with E-state index in [0.717, 1.165) is 0 Å². The minimum Gasteiger partial charge on any atom is -0.294 e. The fourth-order valence-corrected chi connectivity index (χ4v) is 1.69. The van der Waals surface area contributed by atoms with E-state index in [1.165, 1.54) is 36.0 Å². The molecule has 0 atom stereocenters. The van der Waals surface area contributed by atoms with Gasteiger partial charge in [-0.25, -0.2) is 4.68 Å². The van der Waals surface area contributed by atoms with E-state index in [-0.39, 0.29) is 17.0 Å². The van der Waals surface area contributed by atoms with Gasteiger partial charge in [-0.05, 0) is 19.1 Å². The average Bonchev–Trinajstić information content (AvgIpc) is 2.75. The van der Waals surface area contributed by atoms with E-state index in [1.54, 1.807) is 6.20 Å². The summed E-state index contributed by atoms with van der Waals surface area (Å²) in [5, 5.41) is 15.2. The fraction of sp³-hybridized carbons (Fsp3) is 0.0909. The summed E-state index contributed by atoms with van der Waals surface area (Å²) in [6, 6.07) is 4.21. The molecule has 7 heteroatoms. The Balaban J connectivity index is 2.56. The highest BCUT2D eigenvalue weighted by molar-refractivity contribution is 6.30. The number of nitrogens with zero attached hydrogens (tertiary/aromatic N) is 3. The number of rotatable bonds is 3. The van der Waals surface area contributed by atoms with Crippen LogP contribution in [0.3, 0.4) is 0 Å². The van der Waals surface area contributed by atoms with Crippen LogP contribution in [-0.2, 0) is 0 Å². The van der Waals surface area contributed by atoms with Crippen LogP contribution in [0, 0.1) is 10.1 Å². The van der Waals surface area contributed by atoms with E-state index in [0.29, 0.717) is 10.7 Å². The number of Topliss-reactive ketones (excluding diaryl/α,β-unsaturated/α-hetero) is 1. The number of aromatic nitrogens is 2. The molecule has 0 saturated heterocycles. The molecule has 0 spiro atoms. The quantitative estimate of drug-likeness (QED) is 0.485. The molecule has 0 aliphatic heterocycles. The zero-order chi connectivity index (χ0) is 13.3. The van der Waals surface area contributed by atoms with Crippen LogP contribution in [0.2, 0.25) is 5.02 Å². The lowest BCUT2D eigenvalue weighted by Crippen LogP contribution is -2.03. The van der Waals surface area contributed by atoms with Crippen LogP contribution < -0.4 is 0 Å². The lowest BCUT2D eigenvalue weighted by atomic mass is 10.1. The highest BCUT2D eigenvalue weighted by atomic mass is 35.5. The maximum Gasteiger partial charge on any atom is 0.280 e. The van der Waals surface area contributed by atoms with Gasteiger partial charge in [0, 0.05) is 12.3 Å². The number of hydrogen-bond acceptors (Lipinski definition) is 4. The van der Waals surface area contributed by atoms with Crippen molar-refractivity contribution in [3.05, 3.63) is 51.3 Å². The molecule has 2 aromatic rings. The van der Waals surface area contributed by atoms with E-state index >= 15 is 0 Å². The summed E-state index contributed by atoms with van der Waals surface area (Å²) in [4.78, 5) is 21.6. The van der Waals surface area contributed by atoms with Crippen LogP contribution in [-0.4, -0.2) is 20.5 Å². The molecule has 18 heavy (non-hydrogen) atoms. The Morgan fingerprint density at radius 3 is 2.72 bits per heavy atom. The van der Waals surface area contributed by atoms with Gasteiger partial charge < -0.3 is 0 Å². The SMILES string of the molecule is CC(=O)c1cc(-n2cc(Cl)cn2)ccc1[N+](=O)[O-]. The van der Waals surface area contributed by atoms with Crippen molar-refractivity contribution >= 4 is 23.1 Å². The van der Waals surface area contributed by atoms with Crippen molar-refractivity contribution in [1.82, 2.24) is 9.78 Å². The van der Waals surface area contributed by atoms with Crippen LogP contribution >= 0.6 is 11.6 Å². The summed E-state index contributed by atoms with van der Waals surface area (Å²) in [5.41, 5.74) is 0.367. The van der Waals surface area contributed by atoms with Gasteiger partial charge in [0.25, 0.3) is 5.69 Å². The Kier molecular flexibility index (Phi) is 3.12. The molecule has 0 aliphatic carbocycles. The predicted molar refractivity (Wildman–Crippen MR) is 65.2 cm³/mol. The summed E-state index contributed by atoms with van der Waals surface area (Å²) in [6.45, 7) is 1.28. The lowest BCUT2D eigenvalue weighted by Gasteiger charge is -2.04. The first kappa shape index (κ1) is 12.3. The molecule has 0 unspecified atom stereocenters. The summed E-state index contributed by atoms with van der Waals surface area (Å²) in [5.74, 6) is -0.373. The number of hydrogen-bond donors (Lipinski definition) is 0. The monoisotopic (exact) mass is 265 g/mol. The smallest absolute Gasteiger partial charge is 0.280 e. The Morgan fingerprint density at radius 1 is 1.50 bits per heavy atom. The van der Waals surface area contributed by atoms with Crippen molar-refractivity contribution < 1.29 is 9.72 Å². The first-order chi connectivity index (χ1) is 8.49. The van der Waals surface area contributed by atoms with Crippen LogP contribution in [0.4, 0.5) is 5.69 Å². The standard InChI is InChI=1S/C11H8ClN3O3/c1-7(16)10-4-9(2-3-11(10)15(17)18)14-6-8(12)5-13-14/h2-6H,1H3. The van der Waals surface area contributed by atoms with Crippen LogP contribution in [0.5, 0.6) is 0 Å². The molecule has 0 bridgehead atoms. The first-order valence-electron chi connectivity index (χ1n) is 4.99. The second-order valence-electron chi connectivity index (χ2n) is 3.62. The molecule has 0 radical (unpaired) electrons. The Bertz CT molecular complexity index is 636. The van der Waals surface area contributed by atoms with Crippen molar-refractivity contribution in [2.45, 2.75) is 6.92 Å². The zero-order valence-corrected chi connectivity index (χ0v) is 10.1.